The molecule has 2 rings (SSSR count). The van der Waals surface area contributed by atoms with Crippen molar-refractivity contribution in [3.63, 3.8) is 0 Å². The van der Waals surface area contributed by atoms with Crippen molar-refractivity contribution >= 4 is 29.2 Å². The number of aromatic nitrogens is 2. The summed E-state index contributed by atoms with van der Waals surface area (Å²) in [5, 5.41) is 7.99. The van der Waals surface area contributed by atoms with Crippen LogP contribution in [-0.2, 0) is 0 Å². The van der Waals surface area contributed by atoms with Gasteiger partial charge in [-0.2, -0.15) is 0 Å². The summed E-state index contributed by atoms with van der Waals surface area (Å²) >= 11 is 11.9. The smallest absolute Gasteiger partial charge is 0.313 e. The van der Waals surface area contributed by atoms with Gasteiger partial charge in [-0.05, 0) is 12.1 Å². The second kappa shape index (κ2) is 4.19. The number of nitrogens with zero attached hydrogens (tertiary/aromatic N) is 2. The van der Waals surface area contributed by atoms with Gasteiger partial charge in [0.15, 0.2) is 5.75 Å². The molecule has 0 aliphatic heterocycles. The zero-order valence-corrected chi connectivity index (χ0v) is 9.71. The molecule has 2 N–H and O–H groups in total. The molecule has 0 saturated heterocycles. The Balaban J connectivity index is 2.52. The lowest BCUT2D eigenvalue weighted by Gasteiger charge is -2.06. The third-order valence-corrected chi connectivity index (χ3v) is 2.45. The number of nitrogen functional groups attached to an aromatic ring is 1. The first kappa shape index (κ1) is 11.0. The topological polar surface area (TPSA) is 74.2 Å². The summed E-state index contributed by atoms with van der Waals surface area (Å²) in [6, 6.07) is 3.20. The monoisotopic (exact) mass is 259 g/mol. The number of methoxy groups -OCH3 is 1. The van der Waals surface area contributed by atoms with Crippen molar-refractivity contribution in [3.05, 3.63) is 22.2 Å². The highest BCUT2D eigenvalue weighted by Crippen LogP contribution is 2.36. The second-order valence-corrected chi connectivity index (χ2v) is 3.73. The SMILES string of the molecule is COc1c(Cl)cc(-c2nnc(N)o2)cc1Cl. The summed E-state index contributed by atoms with van der Waals surface area (Å²) in [6.45, 7) is 0. The molecular weight excluding hydrogens is 253 g/mol. The van der Waals surface area contributed by atoms with E-state index in [1.165, 1.54) is 7.11 Å². The van der Waals surface area contributed by atoms with E-state index in [2.05, 4.69) is 10.2 Å². The van der Waals surface area contributed by atoms with Gasteiger partial charge in [-0.25, -0.2) is 0 Å². The Hall–Kier alpha value is -1.46. The Morgan fingerprint density at radius 2 is 1.88 bits per heavy atom. The van der Waals surface area contributed by atoms with Gasteiger partial charge in [-0.15, -0.1) is 5.10 Å². The fraction of sp³-hybridized carbons (Fsp3) is 0.111. The zero-order valence-electron chi connectivity index (χ0n) is 8.20. The Kier molecular flexibility index (Phi) is 2.89. The number of hydrogen-bond acceptors (Lipinski definition) is 5. The average molecular weight is 260 g/mol. The van der Waals surface area contributed by atoms with Crippen LogP contribution < -0.4 is 10.5 Å². The van der Waals surface area contributed by atoms with Gasteiger partial charge < -0.3 is 14.9 Å². The number of rotatable bonds is 2. The average Bonchev–Trinajstić information content (AvgIpc) is 2.64. The Morgan fingerprint density at radius 3 is 2.31 bits per heavy atom. The van der Waals surface area contributed by atoms with E-state index in [0.717, 1.165) is 0 Å². The van der Waals surface area contributed by atoms with Gasteiger partial charge in [0.1, 0.15) is 0 Å². The molecule has 0 atom stereocenters. The van der Waals surface area contributed by atoms with Crippen LogP contribution in [-0.4, -0.2) is 17.3 Å². The van der Waals surface area contributed by atoms with Gasteiger partial charge in [-0.1, -0.05) is 28.3 Å². The van der Waals surface area contributed by atoms with Gasteiger partial charge in [0, 0.05) is 5.56 Å². The van der Waals surface area contributed by atoms with Gasteiger partial charge in [0.25, 0.3) is 0 Å². The van der Waals surface area contributed by atoms with Crippen molar-refractivity contribution < 1.29 is 9.15 Å². The standard InChI is InChI=1S/C9H7Cl2N3O2/c1-15-7-5(10)2-4(3-6(7)11)8-13-14-9(12)16-8/h2-3H,1H3,(H2,12,14). The van der Waals surface area contributed by atoms with E-state index in [1.54, 1.807) is 12.1 Å². The highest BCUT2D eigenvalue weighted by atomic mass is 35.5. The lowest BCUT2D eigenvalue weighted by molar-refractivity contribution is 0.415. The van der Waals surface area contributed by atoms with Crippen LogP contribution in [0.4, 0.5) is 6.01 Å². The summed E-state index contributed by atoms with van der Waals surface area (Å²) in [5.41, 5.74) is 5.90. The van der Waals surface area contributed by atoms with Crippen LogP contribution in [0.15, 0.2) is 16.5 Å². The molecule has 0 spiro atoms. The van der Waals surface area contributed by atoms with E-state index in [-0.39, 0.29) is 11.9 Å². The molecule has 0 aliphatic rings. The molecule has 7 heteroatoms. The van der Waals surface area contributed by atoms with Crippen LogP contribution >= 0.6 is 23.2 Å². The minimum Gasteiger partial charge on any atom is -0.494 e. The molecule has 1 aromatic heterocycles. The van der Waals surface area contributed by atoms with E-state index < -0.39 is 0 Å². The maximum absolute atomic E-state index is 5.96. The normalized spacial score (nSPS) is 10.4. The fourth-order valence-corrected chi connectivity index (χ4v) is 1.87. The molecule has 0 unspecified atom stereocenters. The molecule has 16 heavy (non-hydrogen) atoms. The number of benzene rings is 1. The minimum absolute atomic E-state index is 0.0157. The van der Waals surface area contributed by atoms with E-state index in [0.29, 0.717) is 21.4 Å². The van der Waals surface area contributed by atoms with Crippen molar-refractivity contribution in [1.82, 2.24) is 10.2 Å². The van der Waals surface area contributed by atoms with Crippen molar-refractivity contribution in [3.8, 4) is 17.2 Å². The third kappa shape index (κ3) is 1.91. The summed E-state index contributed by atoms with van der Waals surface area (Å²) < 4.78 is 10.1. The Labute approximate surface area is 101 Å². The summed E-state index contributed by atoms with van der Waals surface area (Å²) in [6.07, 6.45) is 0. The van der Waals surface area contributed by atoms with Gasteiger partial charge in [-0.3, -0.25) is 0 Å². The van der Waals surface area contributed by atoms with Crippen LogP contribution in [0, 0.1) is 0 Å². The van der Waals surface area contributed by atoms with Crippen molar-refractivity contribution in [1.29, 1.82) is 0 Å². The fourth-order valence-electron chi connectivity index (χ4n) is 1.23. The molecule has 0 bridgehead atoms. The Morgan fingerprint density at radius 1 is 1.25 bits per heavy atom. The van der Waals surface area contributed by atoms with Crippen LogP contribution in [0.25, 0.3) is 11.5 Å². The molecule has 5 nitrogen and oxygen atoms in total. The molecule has 0 saturated carbocycles. The quantitative estimate of drug-likeness (QED) is 0.898. The van der Waals surface area contributed by atoms with Gasteiger partial charge >= 0.3 is 6.01 Å². The van der Waals surface area contributed by atoms with Crippen LogP contribution in [0.2, 0.25) is 10.0 Å². The number of ether oxygens (including phenoxy) is 1. The third-order valence-electron chi connectivity index (χ3n) is 1.89. The van der Waals surface area contributed by atoms with E-state index in [4.69, 9.17) is 38.1 Å². The highest BCUT2D eigenvalue weighted by Gasteiger charge is 2.13. The zero-order chi connectivity index (χ0) is 11.7. The first-order valence-electron chi connectivity index (χ1n) is 4.24. The first-order valence-corrected chi connectivity index (χ1v) is 5.00. The van der Waals surface area contributed by atoms with Crippen molar-refractivity contribution in [2.45, 2.75) is 0 Å². The summed E-state index contributed by atoms with van der Waals surface area (Å²) in [4.78, 5) is 0. The van der Waals surface area contributed by atoms with Crippen molar-refractivity contribution in [2.75, 3.05) is 12.8 Å². The maximum atomic E-state index is 5.96. The van der Waals surface area contributed by atoms with Crippen LogP contribution in [0.5, 0.6) is 5.75 Å². The lowest BCUT2D eigenvalue weighted by atomic mass is 10.2. The van der Waals surface area contributed by atoms with Crippen LogP contribution in [0.3, 0.4) is 0 Å². The van der Waals surface area contributed by atoms with E-state index >= 15 is 0 Å². The van der Waals surface area contributed by atoms with Crippen LogP contribution in [0.1, 0.15) is 0 Å². The predicted octanol–water partition coefficient (Wildman–Crippen LogP) is 2.63. The molecule has 0 radical (unpaired) electrons. The van der Waals surface area contributed by atoms with Crippen molar-refractivity contribution in [2.24, 2.45) is 0 Å². The number of hydrogen-bond donors (Lipinski definition) is 1. The maximum Gasteiger partial charge on any atom is 0.313 e. The molecule has 1 heterocycles. The van der Waals surface area contributed by atoms with E-state index in [9.17, 15) is 0 Å². The lowest BCUT2D eigenvalue weighted by Crippen LogP contribution is -1.87. The number of anilines is 1. The molecule has 0 amide bonds. The summed E-state index contributed by atoms with van der Waals surface area (Å²) in [5.74, 6) is 0.656. The molecular formula is C9H7Cl2N3O2. The summed E-state index contributed by atoms with van der Waals surface area (Å²) in [7, 11) is 1.48. The second-order valence-electron chi connectivity index (χ2n) is 2.92. The molecule has 84 valence electrons. The molecule has 2 aromatic rings. The molecule has 0 fully saturated rings. The Bertz CT molecular complexity index is 504. The largest absolute Gasteiger partial charge is 0.494 e. The highest BCUT2D eigenvalue weighted by molar-refractivity contribution is 6.37. The number of halogens is 2. The van der Waals surface area contributed by atoms with Gasteiger partial charge in [0.05, 0.1) is 17.2 Å². The molecule has 1 aromatic carbocycles. The molecule has 0 aliphatic carbocycles. The van der Waals surface area contributed by atoms with E-state index in [1.807, 2.05) is 0 Å². The first-order chi connectivity index (χ1) is 7.61. The number of nitrogens with two attached hydrogens (primary N) is 1. The minimum atomic E-state index is -0.0157. The van der Waals surface area contributed by atoms with Gasteiger partial charge in [0.2, 0.25) is 5.89 Å². The predicted molar refractivity (Wildman–Crippen MR) is 60.7 cm³/mol.